The zero-order valence-corrected chi connectivity index (χ0v) is 22.1. The quantitative estimate of drug-likeness (QED) is 0.204. The van der Waals surface area contributed by atoms with E-state index in [1.165, 1.54) is 6.20 Å². The second kappa shape index (κ2) is 16.4. The molecule has 5 nitrogen and oxygen atoms in total. The van der Waals surface area contributed by atoms with Gasteiger partial charge in [-0.05, 0) is 60.8 Å². The Morgan fingerprint density at radius 1 is 1.18 bits per heavy atom. The lowest BCUT2D eigenvalue weighted by molar-refractivity contribution is 0.0959. The Labute approximate surface area is 210 Å². The van der Waals surface area contributed by atoms with Gasteiger partial charge in [0.1, 0.15) is 0 Å². The number of benzene rings is 1. The number of hydrogen-bond acceptors (Lipinski definition) is 4. The molecular formula is C28H39ClN4O. The van der Waals surface area contributed by atoms with Gasteiger partial charge in [-0.15, -0.1) is 0 Å². The zero-order valence-electron chi connectivity index (χ0n) is 21.4. The maximum Gasteiger partial charge on any atom is 0.253 e. The molecular weight excluding hydrogens is 444 g/mol. The molecule has 0 unspecified atom stereocenters. The molecule has 6 heteroatoms. The van der Waals surface area contributed by atoms with Crippen molar-refractivity contribution in [1.82, 2.24) is 10.3 Å². The highest BCUT2D eigenvalue weighted by molar-refractivity contribution is 6.32. The van der Waals surface area contributed by atoms with Gasteiger partial charge in [-0.1, -0.05) is 71.0 Å². The fourth-order valence-electron chi connectivity index (χ4n) is 2.77. The lowest BCUT2D eigenvalue weighted by atomic mass is 10.0. The van der Waals surface area contributed by atoms with Gasteiger partial charge in [0.25, 0.3) is 5.91 Å². The Bertz CT molecular complexity index is 1020. The summed E-state index contributed by atoms with van der Waals surface area (Å²) in [6.45, 7) is 19.9. The predicted molar refractivity (Wildman–Crippen MR) is 148 cm³/mol. The maximum atomic E-state index is 12.5. The van der Waals surface area contributed by atoms with Gasteiger partial charge >= 0.3 is 0 Å². The summed E-state index contributed by atoms with van der Waals surface area (Å²) in [4.78, 5) is 16.7. The second-order valence-corrected chi connectivity index (χ2v) is 7.53. The van der Waals surface area contributed by atoms with E-state index in [9.17, 15) is 4.79 Å². The van der Waals surface area contributed by atoms with Crippen molar-refractivity contribution < 1.29 is 4.79 Å². The monoisotopic (exact) mass is 482 g/mol. The third kappa shape index (κ3) is 10.2. The molecule has 0 bridgehead atoms. The fraction of sp³-hybridized carbons (Fsp3) is 0.321. The van der Waals surface area contributed by atoms with E-state index < -0.39 is 0 Å². The molecule has 0 atom stereocenters. The Morgan fingerprint density at radius 2 is 1.82 bits per heavy atom. The number of nitrogens with zero attached hydrogens (tertiary/aromatic N) is 1. The number of nitrogens with one attached hydrogen (secondary N) is 2. The number of pyridine rings is 1. The lowest BCUT2D eigenvalue weighted by Gasteiger charge is -2.11. The number of nitrogen functional groups attached to an aromatic ring is 1. The molecule has 0 spiro atoms. The molecule has 1 aromatic heterocycles. The molecule has 1 amide bonds. The van der Waals surface area contributed by atoms with Crippen molar-refractivity contribution in [1.29, 1.82) is 5.41 Å². The van der Waals surface area contributed by atoms with Gasteiger partial charge in [-0.25, -0.2) is 0 Å². The molecule has 0 aliphatic carbocycles. The zero-order chi connectivity index (χ0) is 26.3. The molecule has 1 aromatic carbocycles. The van der Waals surface area contributed by atoms with Gasteiger partial charge < -0.3 is 16.5 Å². The van der Waals surface area contributed by atoms with Crippen molar-refractivity contribution in [3.8, 4) is 0 Å². The van der Waals surface area contributed by atoms with Gasteiger partial charge in [0, 0.05) is 28.7 Å². The van der Waals surface area contributed by atoms with Crippen LogP contribution in [0.3, 0.4) is 0 Å². The largest absolute Gasteiger partial charge is 0.398 e. The van der Waals surface area contributed by atoms with E-state index in [0.29, 0.717) is 28.3 Å². The van der Waals surface area contributed by atoms with Crippen molar-refractivity contribution in [2.24, 2.45) is 0 Å². The topological polar surface area (TPSA) is 91.9 Å². The summed E-state index contributed by atoms with van der Waals surface area (Å²) in [5.41, 5.74) is 11.2. The van der Waals surface area contributed by atoms with Gasteiger partial charge in [0.05, 0.1) is 17.8 Å². The number of anilines is 1. The highest BCUT2D eigenvalue weighted by Crippen LogP contribution is 2.19. The highest BCUT2D eigenvalue weighted by Gasteiger charge is 2.11. The number of nitrogens with two attached hydrogens (primary N) is 1. The number of allylic oxidation sites excluding steroid dienone is 4. The first kappa shape index (κ1) is 30.8. The van der Waals surface area contributed by atoms with E-state index in [1.54, 1.807) is 24.4 Å². The van der Waals surface area contributed by atoms with Crippen molar-refractivity contribution >= 4 is 28.9 Å². The van der Waals surface area contributed by atoms with Gasteiger partial charge in [-0.2, -0.15) is 0 Å². The summed E-state index contributed by atoms with van der Waals surface area (Å²) in [6.07, 6.45) is 6.25. The van der Waals surface area contributed by atoms with E-state index in [4.69, 9.17) is 22.7 Å². The van der Waals surface area contributed by atoms with Crippen LogP contribution < -0.4 is 11.1 Å². The molecule has 2 rings (SSSR count). The molecule has 1 heterocycles. The smallest absolute Gasteiger partial charge is 0.253 e. The summed E-state index contributed by atoms with van der Waals surface area (Å²) in [6, 6.07) is 7.24. The normalized spacial score (nSPS) is 10.1. The second-order valence-electron chi connectivity index (χ2n) is 7.12. The third-order valence-electron chi connectivity index (χ3n) is 4.54. The summed E-state index contributed by atoms with van der Waals surface area (Å²) in [5.74, 6) is -0.307. The number of rotatable bonds is 9. The average Bonchev–Trinajstić information content (AvgIpc) is 2.85. The van der Waals surface area contributed by atoms with E-state index >= 15 is 0 Å². The van der Waals surface area contributed by atoms with Crippen LogP contribution >= 0.6 is 11.6 Å². The molecule has 2 aromatic rings. The Morgan fingerprint density at radius 3 is 2.44 bits per heavy atom. The van der Waals surface area contributed by atoms with E-state index in [-0.39, 0.29) is 18.2 Å². The number of aromatic nitrogens is 1. The Balaban J connectivity index is 0.00000258. The summed E-state index contributed by atoms with van der Waals surface area (Å²) < 4.78 is 0. The number of halogens is 1. The number of aryl methyl sites for hydroxylation is 1. The van der Waals surface area contributed by atoms with Crippen LogP contribution in [0.2, 0.25) is 0 Å². The molecule has 34 heavy (non-hydrogen) atoms. The lowest BCUT2D eigenvalue weighted by Crippen LogP contribution is -2.30. The van der Waals surface area contributed by atoms with E-state index in [0.717, 1.165) is 28.7 Å². The van der Waals surface area contributed by atoms with Gasteiger partial charge in [0.15, 0.2) is 0 Å². The summed E-state index contributed by atoms with van der Waals surface area (Å²) in [5, 5.41) is 11.6. The minimum atomic E-state index is -0.307. The molecule has 0 radical (unpaired) electrons. The van der Waals surface area contributed by atoms with Crippen LogP contribution in [-0.4, -0.2) is 23.1 Å². The van der Waals surface area contributed by atoms with Crippen LogP contribution in [0, 0.1) is 12.3 Å². The van der Waals surface area contributed by atoms with Gasteiger partial charge in [-0.3, -0.25) is 9.78 Å². The van der Waals surface area contributed by atoms with E-state index in [1.807, 2.05) is 53.7 Å². The summed E-state index contributed by atoms with van der Waals surface area (Å²) >= 11 is 6.21. The van der Waals surface area contributed by atoms with Crippen molar-refractivity contribution in [3.63, 3.8) is 0 Å². The average molecular weight is 483 g/mol. The number of carbonyl (C=O) groups is 1. The standard InChI is InChI=1S/C24H27ClN4O.2C2H6/c1-5-17(4)21(25)10-16(3)8-18-11-19(13-28-12-18)24(30)29-14-23(27)20-9-15(2)6-7-22(20)26;2*1-2/h6-7,9-13,27H,3-5,8,14,26H2,1-2H3,(H,29,30);2*1-2H3/b21-10+,27-23?;;. The van der Waals surface area contributed by atoms with Gasteiger partial charge in [0.2, 0.25) is 0 Å². The van der Waals surface area contributed by atoms with E-state index in [2.05, 4.69) is 23.5 Å². The first-order valence-corrected chi connectivity index (χ1v) is 12.0. The maximum absolute atomic E-state index is 12.5. The van der Waals surface area contributed by atoms with Crippen LogP contribution in [-0.2, 0) is 6.42 Å². The molecule has 0 saturated heterocycles. The van der Waals surface area contributed by atoms with Crippen molar-refractivity contribution in [3.05, 3.63) is 94.3 Å². The molecule has 184 valence electrons. The number of carbonyl (C=O) groups excluding carboxylic acids is 1. The molecule has 0 fully saturated rings. The fourth-order valence-corrected chi connectivity index (χ4v) is 3.06. The van der Waals surface area contributed by atoms with Crippen LogP contribution in [0.1, 0.15) is 68.1 Å². The molecule has 0 aliphatic rings. The Kier molecular flexibility index (Phi) is 14.9. The van der Waals surface area contributed by atoms with Crippen LogP contribution in [0.5, 0.6) is 0 Å². The number of amides is 1. The minimum absolute atomic E-state index is 0.0703. The first-order valence-electron chi connectivity index (χ1n) is 11.6. The molecule has 0 saturated carbocycles. The van der Waals surface area contributed by atoms with Crippen LogP contribution in [0.15, 0.2) is 72.1 Å². The SMILES string of the molecule is C=C(/C=C(/Cl)C(=C)CC)Cc1cncc(C(=O)NCC(=N)c2cc(C)ccc2N)c1.CC.CC. The highest BCUT2D eigenvalue weighted by atomic mass is 35.5. The van der Waals surface area contributed by atoms with Crippen LogP contribution in [0.25, 0.3) is 0 Å². The minimum Gasteiger partial charge on any atom is -0.398 e. The number of hydrogen-bond donors (Lipinski definition) is 3. The van der Waals surface area contributed by atoms with Crippen molar-refractivity contribution in [2.75, 3.05) is 12.3 Å². The molecule has 4 N–H and O–H groups in total. The Hall–Kier alpha value is -3.18. The summed E-state index contributed by atoms with van der Waals surface area (Å²) in [7, 11) is 0. The third-order valence-corrected chi connectivity index (χ3v) is 4.92. The molecule has 0 aliphatic heterocycles. The van der Waals surface area contributed by atoms with Crippen molar-refractivity contribution in [2.45, 2.75) is 54.4 Å². The first-order chi connectivity index (χ1) is 16.2. The van der Waals surface area contributed by atoms with Crippen LogP contribution in [0.4, 0.5) is 5.69 Å². The predicted octanol–water partition coefficient (Wildman–Crippen LogP) is 7.01.